The third-order valence-electron chi connectivity index (χ3n) is 5.32. The van der Waals surface area contributed by atoms with E-state index in [-0.39, 0.29) is 5.54 Å². The molecule has 1 heterocycles. The van der Waals surface area contributed by atoms with Gasteiger partial charge in [-0.1, -0.05) is 20.8 Å². The molecule has 112 valence electrons. The predicted molar refractivity (Wildman–Crippen MR) is 80.2 cm³/mol. The van der Waals surface area contributed by atoms with Crippen LogP contribution in [0.15, 0.2) is 0 Å². The second kappa shape index (κ2) is 5.71. The van der Waals surface area contributed by atoms with Gasteiger partial charge in [0.05, 0.1) is 6.10 Å². The van der Waals surface area contributed by atoms with Gasteiger partial charge < -0.3 is 10.5 Å². The number of nitrogens with zero attached hydrogens (tertiary/aromatic N) is 1. The molecule has 0 aromatic rings. The zero-order valence-electron chi connectivity index (χ0n) is 13.2. The predicted octanol–water partition coefficient (Wildman–Crippen LogP) is 2.64. The number of rotatable bonds is 4. The lowest BCUT2D eigenvalue weighted by molar-refractivity contribution is -0.0438. The van der Waals surface area contributed by atoms with Crippen molar-refractivity contribution in [3.8, 4) is 0 Å². The third kappa shape index (κ3) is 2.98. The number of ether oxygens (including phenoxy) is 1. The standard InChI is InChI=1S/C16H32N2O/c1-5-19-14-7-6-8-18(10-14)16(12-17)11-15(3,4)9-13(16)2/h13-14H,5-12,17H2,1-4H3. The lowest BCUT2D eigenvalue weighted by atomic mass is 9.83. The Morgan fingerprint density at radius 3 is 2.63 bits per heavy atom. The first-order valence-corrected chi connectivity index (χ1v) is 8.00. The highest BCUT2D eigenvalue weighted by Crippen LogP contribution is 2.50. The molecule has 0 aromatic heterocycles. The summed E-state index contributed by atoms with van der Waals surface area (Å²) in [5.41, 5.74) is 6.88. The van der Waals surface area contributed by atoms with Gasteiger partial charge in [0.25, 0.3) is 0 Å². The molecular formula is C16H32N2O. The fourth-order valence-corrected chi connectivity index (χ4v) is 4.63. The molecule has 3 nitrogen and oxygen atoms in total. The van der Waals surface area contributed by atoms with Gasteiger partial charge in [0, 0.05) is 25.2 Å². The Morgan fingerprint density at radius 2 is 2.11 bits per heavy atom. The summed E-state index contributed by atoms with van der Waals surface area (Å²) in [7, 11) is 0. The average molecular weight is 268 g/mol. The maximum absolute atomic E-state index is 6.25. The van der Waals surface area contributed by atoms with Crippen molar-refractivity contribution in [2.45, 2.75) is 65.0 Å². The van der Waals surface area contributed by atoms with Crippen molar-refractivity contribution in [3.05, 3.63) is 0 Å². The molecule has 3 unspecified atom stereocenters. The topological polar surface area (TPSA) is 38.5 Å². The summed E-state index contributed by atoms with van der Waals surface area (Å²) in [5, 5.41) is 0. The molecule has 0 bridgehead atoms. The van der Waals surface area contributed by atoms with E-state index in [1.54, 1.807) is 0 Å². The normalized spacial score (nSPS) is 39.6. The zero-order valence-corrected chi connectivity index (χ0v) is 13.2. The zero-order chi connectivity index (χ0) is 14.1. The van der Waals surface area contributed by atoms with Crippen molar-refractivity contribution in [2.24, 2.45) is 17.1 Å². The van der Waals surface area contributed by atoms with E-state index in [0.29, 0.717) is 17.4 Å². The molecule has 2 aliphatic rings. The molecule has 1 aliphatic carbocycles. The van der Waals surface area contributed by atoms with Gasteiger partial charge >= 0.3 is 0 Å². The summed E-state index contributed by atoms with van der Waals surface area (Å²) in [5.74, 6) is 0.688. The SMILES string of the molecule is CCOC1CCCN(C2(CN)CC(C)(C)CC2C)C1. The van der Waals surface area contributed by atoms with E-state index in [1.165, 1.54) is 32.2 Å². The van der Waals surface area contributed by atoms with E-state index in [2.05, 4.69) is 32.6 Å². The highest BCUT2D eigenvalue weighted by molar-refractivity contribution is 5.07. The minimum absolute atomic E-state index is 0.208. The lowest BCUT2D eigenvalue weighted by Gasteiger charge is -2.48. The number of hydrogen-bond acceptors (Lipinski definition) is 3. The van der Waals surface area contributed by atoms with Gasteiger partial charge in [-0.05, 0) is 50.5 Å². The van der Waals surface area contributed by atoms with Crippen LogP contribution in [0, 0.1) is 11.3 Å². The number of nitrogens with two attached hydrogens (primary N) is 1. The number of hydrogen-bond donors (Lipinski definition) is 1. The Morgan fingerprint density at radius 1 is 1.37 bits per heavy atom. The van der Waals surface area contributed by atoms with Crippen molar-refractivity contribution >= 4 is 0 Å². The fourth-order valence-electron chi connectivity index (χ4n) is 4.63. The van der Waals surface area contributed by atoms with E-state index in [9.17, 15) is 0 Å². The summed E-state index contributed by atoms with van der Waals surface area (Å²) in [6.45, 7) is 13.2. The first kappa shape index (κ1) is 15.3. The first-order chi connectivity index (χ1) is 8.93. The monoisotopic (exact) mass is 268 g/mol. The van der Waals surface area contributed by atoms with Crippen LogP contribution in [0.4, 0.5) is 0 Å². The summed E-state index contributed by atoms with van der Waals surface area (Å²) < 4.78 is 5.87. The molecule has 19 heavy (non-hydrogen) atoms. The molecule has 0 radical (unpaired) electrons. The smallest absolute Gasteiger partial charge is 0.0702 e. The minimum Gasteiger partial charge on any atom is -0.377 e. The molecule has 1 saturated heterocycles. The van der Waals surface area contributed by atoms with Gasteiger partial charge in [-0.3, -0.25) is 4.90 Å². The van der Waals surface area contributed by atoms with Gasteiger partial charge in [-0.25, -0.2) is 0 Å². The van der Waals surface area contributed by atoms with E-state index in [1.807, 2.05) is 0 Å². The average Bonchev–Trinajstić information content (AvgIpc) is 2.60. The van der Waals surface area contributed by atoms with E-state index < -0.39 is 0 Å². The quantitative estimate of drug-likeness (QED) is 0.852. The molecule has 0 spiro atoms. The Bertz CT molecular complexity index is 303. The van der Waals surface area contributed by atoms with Crippen LogP contribution >= 0.6 is 0 Å². The maximum Gasteiger partial charge on any atom is 0.0702 e. The van der Waals surface area contributed by atoms with Crippen LogP contribution in [0.5, 0.6) is 0 Å². The fraction of sp³-hybridized carbons (Fsp3) is 1.00. The van der Waals surface area contributed by atoms with Crippen LogP contribution in [0.3, 0.4) is 0 Å². The maximum atomic E-state index is 6.25. The van der Waals surface area contributed by atoms with E-state index in [4.69, 9.17) is 10.5 Å². The summed E-state index contributed by atoms with van der Waals surface area (Å²) in [4.78, 5) is 2.66. The van der Waals surface area contributed by atoms with Crippen molar-refractivity contribution in [1.82, 2.24) is 4.90 Å². The second-order valence-electron chi connectivity index (χ2n) is 7.42. The molecule has 0 amide bonds. The number of piperidine rings is 1. The van der Waals surface area contributed by atoms with Gasteiger partial charge in [0.15, 0.2) is 0 Å². The third-order valence-corrected chi connectivity index (χ3v) is 5.32. The molecule has 1 aliphatic heterocycles. The Kier molecular flexibility index (Phi) is 4.59. The van der Waals surface area contributed by atoms with Crippen LogP contribution in [0.1, 0.15) is 53.4 Å². The lowest BCUT2D eigenvalue weighted by Crippen LogP contribution is -2.59. The van der Waals surface area contributed by atoms with Crippen LogP contribution in [0.2, 0.25) is 0 Å². The summed E-state index contributed by atoms with van der Waals surface area (Å²) in [6, 6.07) is 0. The molecular weight excluding hydrogens is 236 g/mol. The molecule has 0 aromatic carbocycles. The highest BCUT2D eigenvalue weighted by Gasteiger charge is 2.51. The molecule has 2 N–H and O–H groups in total. The van der Waals surface area contributed by atoms with Crippen LogP contribution in [-0.4, -0.2) is 42.8 Å². The van der Waals surface area contributed by atoms with E-state index >= 15 is 0 Å². The van der Waals surface area contributed by atoms with Gasteiger partial charge in [-0.2, -0.15) is 0 Å². The Labute approximate surface area is 118 Å². The van der Waals surface area contributed by atoms with E-state index in [0.717, 1.165) is 19.7 Å². The van der Waals surface area contributed by atoms with Crippen molar-refractivity contribution < 1.29 is 4.74 Å². The number of likely N-dealkylation sites (tertiary alicyclic amines) is 1. The van der Waals surface area contributed by atoms with Crippen molar-refractivity contribution in [3.63, 3.8) is 0 Å². The van der Waals surface area contributed by atoms with Gasteiger partial charge in [-0.15, -0.1) is 0 Å². The van der Waals surface area contributed by atoms with Crippen molar-refractivity contribution in [2.75, 3.05) is 26.2 Å². The van der Waals surface area contributed by atoms with Crippen LogP contribution in [-0.2, 0) is 4.74 Å². The Balaban J connectivity index is 2.12. The Hall–Kier alpha value is -0.120. The van der Waals surface area contributed by atoms with Gasteiger partial charge in [0.2, 0.25) is 0 Å². The van der Waals surface area contributed by atoms with Gasteiger partial charge in [0.1, 0.15) is 0 Å². The first-order valence-electron chi connectivity index (χ1n) is 8.00. The largest absolute Gasteiger partial charge is 0.377 e. The summed E-state index contributed by atoms with van der Waals surface area (Å²) >= 11 is 0. The molecule has 3 heteroatoms. The molecule has 2 rings (SSSR count). The minimum atomic E-state index is 0.208. The molecule has 1 saturated carbocycles. The molecule has 2 fully saturated rings. The molecule has 3 atom stereocenters. The van der Waals surface area contributed by atoms with Crippen LogP contribution < -0.4 is 5.73 Å². The summed E-state index contributed by atoms with van der Waals surface area (Å²) in [6.07, 6.45) is 5.40. The second-order valence-corrected chi connectivity index (χ2v) is 7.42. The highest BCUT2D eigenvalue weighted by atomic mass is 16.5. The van der Waals surface area contributed by atoms with Crippen LogP contribution in [0.25, 0.3) is 0 Å². The van der Waals surface area contributed by atoms with Crippen molar-refractivity contribution in [1.29, 1.82) is 0 Å².